The van der Waals surface area contributed by atoms with Crippen LogP contribution in [0.4, 0.5) is 0 Å². The molecule has 6 heteroatoms. The summed E-state index contributed by atoms with van der Waals surface area (Å²) >= 11 is 0. The average Bonchev–Trinajstić information content (AvgIpc) is 2.32. The second kappa shape index (κ2) is 4.44. The number of rotatable bonds is 3. The van der Waals surface area contributed by atoms with Crippen LogP contribution in [-0.2, 0) is 0 Å². The van der Waals surface area contributed by atoms with Crippen LogP contribution in [0.2, 0.25) is 0 Å². The first kappa shape index (κ1) is 14.2. The van der Waals surface area contributed by atoms with Crippen molar-refractivity contribution in [3.8, 4) is 0 Å². The molecule has 0 amide bonds. The minimum Gasteiger partial charge on any atom is -0.370 e. The van der Waals surface area contributed by atoms with Crippen molar-refractivity contribution >= 4 is 5.96 Å². The highest BCUT2D eigenvalue weighted by atomic mass is 15.7. The van der Waals surface area contributed by atoms with Crippen molar-refractivity contribution in [2.75, 3.05) is 34.7 Å². The van der Waals surface area contributed by atoms with Gasteiger partial charge in [-0.1, -0.05) is 6.92 Å². The number of hydrogen-bond donors (Lipinski definition) is 2. The first-order chi connectivity index (χ1) is 7.74. The zero-order valence-corrected chi connectivity index (χ0v) is 12.1. The molecule has 1 aliphatic heterocycles. The summed E-state index contributed by atoms with van der Waals surface area (Å²) in [6.07, 6.45) is 0. The molecule has 2 unspecified atom stereocenters. The fourth-order valence-corrected chi connectivity index (χ4v) is 2.26. The zero-order valence-electron chi connectivity index (χ0n) is 12.1. The second-order valence-corrected chi connectivity index (χ2v) is 4.84. The van der Waals surface area contributed by atoms with Crippen LogP contribution in [0.5, 0.6) is 0 Å². The molecule has 1 heterocycles. The lowest BCUT2D eigenvalue weighted by Gasteiger charge is -2.58. The lowest BCUT2D eigenvalue weighted by Crippen LogP contribution is -2.77. The van der Waals surface area contributed by atoms with Crippen molar-refractivity contribution in [1.82, 2.24) is 20.0 Å². The lowest BCUT2D eigenvalue weighted by molar-refractivity contribution is -0.157. The summed E-state index contributed by atoms with van der Waals surface area (Å²) in [7, 11) is 8.00. The maximum atomic E-state index is 6.04. The van der Waals surface area contributed by atoms with E-state index in [1.165, 1.54) is 0 Å². The summed E-state index contributed by atoms with van der Waals surface area (Å²) in [6, 6.07) is 0. The third-order valence-corrected chi connectivity index (χ3v) is 4.27. The van der Waals surface area contributed by atoms with Crippen molar-refractivity contribution in [3.63, 3.8) is 0 Å². The van der Waals surface area contributed by atoms with Crippen LogP contribution in [0.15, 0.2) is 4.99 Å². The maximum absolute atomic E-state index is 6.04. The molecule has 0 aromatic rings. The van der Waals surface area contributed by atoms with Crippen LogP contribution < -0.4 is 11.1 Å². The topological polar surface area (TPSA) is 60.1 Å². The highest BCUT2D eigenvalue weighted by Gasteiger charge is 2.49. The fourth-order valence-electron chi connectivity index (χ4n) is 2.26. The third-order valence-electron chi connectivity index (χ3n) is 4.27. The van der Waals surface area contributed by atoms with Gasteiger partial charge < -0.3 is 10.6 Å². The quantitative estimate of drug-likeness (QED) is 0.711. The van der Waals surface area contributed by atoms with Crippen molar-refractivity contribution in [2.45, 2.75) is 32.3 Å². The lowest BCUT2D eigenvalue weighted by atomic mass is 10.1. The Balaban J connectivity index is 3.28. The van der Waals surface area contributed by atoms with Crippen molar-refractivity contribution in [2.24, 2.45) is 10.7 Å². The minimum atomic E-state index is -0.491. The van der Waals surface area contributed by atoms with Crippen LogP contribution in [0.3, 0.4) is 0 Å². The molecule has 0 spiro atoms. The van der Waals surface area contributed by atoms with E-state index in [1.807, 2.05) is 25.9 Å². The summed E-state index contributed by atoms with van der Waals surface area (Å²) < 4.78 is 0. The molecule has 2 atom stereocenters. The largest absolute Gasteiger partial charge is 0.370 e. The second-order valence-electron chi connectivity index (χ2n) is 4.84. The van der Waals surface area contributed by atoms with E-state index in [0.29, 0.717) is 5.96 Å². The monoisotopic (exact) mass is 242 g/mol. The fraction of sp³-hybridized carbons (Fsp3) is 0.909. The molecular weight excluding hydrogens is 216 g/mol. The van der Waals surface area contributed by atoms with E-state index in [0.717, 1.165) is 6.54 Å². The van der Waals surface area contributed by atoms with Gasteiger partial charge in [0.1, 0.15) is 0 Å². The Bertz CT molecular complexity index is 317. The van der Waals surface area contributed by atoms with Crippen molar-refractivity contribution < 1.29 is 0 Å². The highest BCUT2D eigenvalue weighted by Crippen LogP contribution is 2.31. The van der Waals surface area contributed by atoms with Gasteiger partial charge in [-0.3, -0.25) is 10.2 Å². The maximum Gasteiger partial charge on any atom is 0.196 e. The van der Waals surface area contributed by atoms with Gasteiger partial charge >= 0.3 is 0 Å². The highest BCUT2D eigenvalue weighted by molar-refractivity contribution is 5.79. The molecule has 100 valence electrons. The van der Waals surface area contributed by atoms with E-state index in [1.54, 1.807) is 0 Å². The molecule has 1 rings (SSSR count). The smallest absolute Gasteiger partial charge is 0.196 e. The molecule has 1 aliphatic rings. The van der Waals surface area contributed by atoms with Gasteiger partial charge in [0.25, 0.3) is 0 Å². The molecule has 6 nitrogen and oxygen atoms in total. The molecule has 0 saturated carbocycles. The van der Waals surface area contributed by atoms with Crippen LogP contribution in [0.1, 0.15) is 20.8 Å². The Morgan fingerprint density at radius 1 is 1.41 bits per heavy atom. The standard InChI is InChI=1S/C11H26N6/c1-8-15(5)11(3)16(6)9(12)14-10(2,13-4)17(11)7/h13H,8H2,1-7H3,(H2,12,14). The normalized spacial score (nSPS) is 35.3. The van der Waals surface area contributed by atoms with Gasteiger partial charge in [0.15, 0.2) is 17.5 Å². The average molecular weight is 242 g/mol. The Kier molecular flexibility index (Phi) is 3.71. The summed E-state index contributed by atoms with van der Waals surface area (Å²) in [5, 5.41) is 3.22. The molecule has 0 aromatic heterocycles. The Morgan fingerprint density at radius 3 is 2.35 bits per heavy atom. The summed E-state index contributed by atoms with van der Waals surface area (Å²) in [5.74, 6) is -0.254. The first-order valence-corrected chi connectivity index (χ1v) is 5.97. The SMILES string of the molecule is CCN(C)C1(C)N(C)C(N)=NC(C)(NC)N1C. The van der Waals surface area contributed by atoms with Gasteiger partial charge in [0.2, 0.25) is 0 Å². The van der Waals surface area contributed by atoms with Crippen LogP contribution in [0.25, 0.3) is 0 Å². The predicted molar refractivity (Wildman–Crippen MR) is 71.3 cm³/mol. The van der Waals surface area contributed by atoms with Crippen molar-refractivity contribution in [1.29, 1.82) is 0 Å². The summed E-state index contributed by atoms with van der Waals surface area (Å²) in [6.45, 7) is 7.23. The van der Waals surface area contributed by atoms with Gasteiger partial charge in [0, 0.05) is 7.05 Å². The van der Waals surface area contributed by atoms with E-state index in [-0.39, 0.29) is 5.79 Å². The van der Waals surface area contributed by atoms with Gasteiger partial charge in [0.05, 0.1) is 0 Å². The zero-order chi connectivity index (χ0) is 13.4. The third kappa shape index (κ3) is 1.90. The van der Waals surface area contributed by atoms with Crippen LogP contribution >= 0.6 is 0 Å². The molecular formula is C11H26N6. The summed E-state index contributed by atoms with van der Waals surface area (Å²) in [5.41, 5.74) is 6.04. The van der Waals surface area contributed by atoms with Gasteiger partial charge in [-0.05, 0) is 41.5 Å². The first-order valence-electron chi connectivity index (χ1n) is 5.97. The van der Waals surface area contributed by atoms with Gasteiger partial charge in [-0.25, -0.2) is 9.89 Å². The molecule has 17 heavy (non-hydrogen) atoms. The van der Waals surface area contributed by atoms with E-state index in [4.69, 9.17) is 5.73 Å². The van der Waals surface area contributed by atoms with E-state index >= 15 is 0 Å². The van der Waals surface area contributed by atoms with Crippen LogP contribution in [0, 0.1) is 0 Å². The van der Waals surface area contributed by atoms with E-state index in [9.17, 15) is 0 Å². The Labute approximate surface area is 104 Å². The van der Waals surface area contributed by atoms with E-state index in [2.05, 4.69) is 48.1 Å². The summed E-state index contributed by atoms with van der Waals surface area (Å²) in [4.78, 5) is 10.9. The minimum absolute atomic E-state index is 0.307. The van der Waals surface area contributed by atoms with Gasteiger partial charge in [-0.15, -0.1) is 0 Å². The number of nitrogens with one attached hydrogen (secondary N) is 1. The number of guanidine groups is 1. The Morgan fingerprint density at radius 2 is 1.94 bits per heavy atom. The van der Waals surface area contributed by atoms with E-state index < -0.39 is 5.79 Å². The van der Waals surface area contributed by atoms with Gasteiger partial charge in [-0.2, -0.15) is 0 Å². The molecule has 0 fully saturated rings. The predicted octanol–water partition coefficient (Wildman–Crippen LogP) is -0.303. The number of nitrogens with zero attached hydrogens (tertiary/aromatic N) is 4. The number of aliphatic imine (C=N–C) groups is 1. The Hall–Kier alpha value is -0.850. The number of nitrogens with two attached hydrogens (primary N) is 1. The molecule has 0 radical (unpaired) electrons. The molecule has 0 aromatic carbocycles. The van der Waals surface area contributed by atoms with Crippen molar-refractivity contribution in [3.05, 3.63) is 0 Å². The van der Waals surface area contributed by atoms with Crippen LogP contribution in [-0.4, -0.2) is 67.0 Å². The molecule has 3 N–H and O–H groups in total. The molecule has 0 saturated heterocycles. The number of hydrogen-bond acceptors (Lipinski definition) is 6. The molecule has 0 bridgehead atoms. The molecule has 0 aliphatic carbocycles.